The molecule has 2 aromatic rings. The largest absolute Gasteiger partial charge is 0.333 e. The van der Waals surface area contributed by atoms with Crippen molar-refractivity contribution >= 4 is 15.9 Å². The Morgan fingerprint density at radius 2 is 2.25 bits per heavy atom. The Bertz CT molecular complexity index is 465. The maximum absolute atomic E-state index is 5.55. The van der Waals surface area contributed by atoms with Crippen molar-refractivity contribution in [1.82, 2.24) is 9.55 Å². The second-order valence-electron chi connectivity index (χ2n) is 3.63. The number of nitrogens with zero attached hydrogens (tertiary/aromatic N) is 2. The van der Waals surface area contributed by atoms with E-state index in [1.165, 1.54) is 5.56 Å². The van der Waals surface area contributed by atoms with Gasteiger partial charge >= 0.3 is 0 Å². The van der Waals surface area contributed by atoms with E-state index >= 15 is 0 Å². The standard InChI is InChI=1S/C12H14BrN3/c13-11-3-1-2-10(8-11)9-12-15-5-7-16(12)6-4-14/h1-3,5,7-8H,4,6,9,14H2. The zero-order valence-corrected chi connectivity index (χ0v) is 10.5. The lowest BCUT2D eigenvalue weighted by Crippen LogP contribution is -2.12. The highest BCUT2D eigenvalue weighted by Gasteiger charge is 2.03. The van der Waals surface area contributed by atoms with Crippen molar-refractivity contribution in [2.75, 3.05) is 6.54 Å². The quantitative estimate of drug-likeness (QED) is 0.933. The number of halogens is 1. The molecule has 0 aliphatic heterocycles. The van der Waals surface area contributed by atoms with E-state index < -0.39 is 0 Å². The highest BCUT2D eigenvalue weighted by molar-refractivity contribution is 9.10. The van der Waals surface area contributed by atoms with Gasteiger partial charge < -0.3 is 10.3 Å². The second kappa shape index (κ2) is 5.27. The van der Waals surface area contributed by atoms with Crippen molar-refractivity contribution in [3.63, 3.8) is 0 Å². The highest BCUT2D eigenvalue weighted by atomic mass is 79.9. The van der Waals surface area contributed by atoms with Crippen LogP contribution in [-0.4, -0.2) is 16.1 Å². The van der Waals surface area contributed by atoms with Crippen LogP contribution in [0.5, 0.6) is 0 Å². The summed E-state index contributed by atoms with van der Waals surface area (Å²) in [6.45, 7) is 1.46. The van der Waals surface area contributed by atoms with Gasteiger partial charge in [-0.05, 0) is 17.7 Å². The lowest BCUT2D eigenvalue weighted by molar-refractivity contribution is 0.671. The lowest BCUT2D eigenvalue weighted by Gasteiger charge is -2.06. The van der Waals surface area contributed by atoms with Gasteiger partial charge in [0.25, 0.3) is 0 Å². The van der Waals surface area contributed by atoms with Crippen LogP contribution in [0.2, 0.25) is 0 Å². The third kappa shape index (κ3) is 2.71. The minimum absolute atomic E-state index is 0.641. The van der Waals surface area contributed by atoms with E-state index in [0.29, 0.717) is 6.54 Å². The minimum Gasteiger partial charge on any atom is -0.333 e. The predicted molar refractivity (Wildman–Crippen MR) is 68.2 cm³/mol. The topological polar surface area (TPSA) is 43.8 Å². The molecule has 0 aliphatic rings. The molecule has 0 aliphatic carbocycles. The Labute approximate surface area is 103 Å². The van der Waals surface area contributed by atoms with E-state index in [-0.39, 0.29) is 0 Å². The smallest absolute Gasteiger partial charge is 0.113 e. The Morgan fingerprint density at radius 3 is 3.00 bits per heavy atom. The highest BCUT2D eigenvalue weighted by Crippen LogP contribution is 2.14. The second-order valence-corrected chi connectivity index (χ2v) is 4.55. The van der Waals surface area contributed by atoms with Crippen molar-refractivity contribution < 1.29 is 0 Å². The average Bonchev–Trinajstić information content (AvgIpc) is 2.66. The first-order valence-corrected chi connectivity index (χ1v) is 6.03. The Hall–Kier alpha value is -1.13. The molecule has 3 nitrogen and oxygen atoms in total. The summed E-state index contributed by atoms with van der Waals surface area (Å²) in [6.07, 6.45) is 4.63. The summed E-state index contributed by atoms with van der Waals surface area (Å²) in [5.41, 5.74) is 6.80. The van der Waals surface area contributed by atoms with Gasteiger partial charge in [-0.3, -0.25) is 0 Å². The first-order chi connectivity index (χ1) is 7.79. The number of hydrogen-bond acceptors (Lipinski definition) is 2. The molecule has 1 heterocycles. The maximum Gasteiger partial charge on any atom is 0.113 e. The van der Waals surface area contributed by atoms with E-state index in [1.54, 1.807) is 0 Å². The van der Waals surface area contributed by atoms with Gasteiger partial charge in [0.15, 0.2) is 0 Å². The molecule has 0 saturated carbocycles. The van der Waals surface area contributed by atoms with Gasteiger partial charge in [-0.2, -0.15) is 0 Å². The molecule has 84 valence electrons. The third-order valence-electron chi connectivity index (χ3n) is 2.42. The number of imidazole rings is 1. The van der Waals surface area contributed by atoms with Gasteiger partial charge in [-0.15, -0.1) is 0 Å². The summed E-state index contributed by atoms with van der Waals surface area (Å²) < 4.78 is 3.20. The molecule has 0 spiro atoms. The zero-order valence-electron chi connectivity index (χ0n) is 8.94. The van der Waals surface area contributed by atoms with Gasteiger partial charge in [0.05, 0.1) is 0 Å². The zero-order chi connectivity index (χ0) is 11.4. The fourth-order valence-corrected chi connectivity index (χ4v) is 2.13. The van der Waals surface area contributed by atoms with Gasteiger partial charge in [0.1, 0.15) is 5.82 Å². The first kappa shape index (κ1) is 11.4. The Morgan fingerprint density at radius 1 is 1.38 bits per heavy atom. The third-order valence-corrected chi connectivity index (χ3v) is 2.92. The molecule has 1 aromatic carbocycles. The van der Waals surface area contributed by atoms with E-state index in [2.05, 4.69) is 37.6 Å². The van der Waals surface area contributed by atoms with Crippen LogP contribution < -0.4 is 5.73 Å². The molecule has 2 N–H and O–H groups in total. The van der Waals surface area contributed by atoms with Crippen molar-refractivity contribution in [3.05, 3.63) is 52.5 Å². The van der Waals surface area contributed by atoms with Crippen molar-refractivity contribution in [2.45, 2.75) is 13.0 Å². The van der Waals surface area contributed by atoms with Crippen LogP contribution in [0, 0.1) is 0 Å². The normalized spacial score (nSPS) is 10.6. The number of rotatable bonds is 4. The summed E-state index contributed by atoms with van der Waals surface area (Å²) in [6, 6.07) is 8.28. The molecule has 0 radical (unpaired) electrons. The Kier molecular flexibility index (Phi) is 3.74. The summed E-state index contributed by atoms with van der Waals surface area (Å²) in [7, 11) is 0. The SMILES string of the molecule is NCCn1ccnc1Cc1cccc(Br)c1. The molecular formula is C12H14BrN3. The van der Waals surface area contributed by atoms with E-state index in [4.69, 9.17) is 5.73 Å². The van der Waals surface area contributed by atoms with Crippen LogP contribution >= 0.6 is 15.9 Å². The van der Waals surface area contributed by atoms with Gasteiger partial charge in [-0.1, -0.05) is 28.1 Å². The van der Waals surface area contributed by atoms with Crippen molar-refractivity contribution in [3.8, 4) is 0 Å². The van der Waals surface area contributed by atoms with Crippen molar-refractivity contribution in [2.24, 2.45) is 5.73 Å². The summed E-state index contributed by atoms with van der Waals surface area (Å²) in [5, 5.41) is 0. The lowest BCUT2D eigenvalue weighted by atomic mass is 10.1. The number of benzene rings is 1. The molecule has 4 heteroatoms. The molecule has 0 saturated heterocycles. The molecule has 0 atom stereocenters. The van der Waals surface area contributed by atoms with Gasteiger partial charge in [0, 0.05) is 36.4 Å². The van der Waals surface area contributed by atoms with Crippen LogP contribution in [0.3, 0.4) is 0 Å². The summed E-state index contributed by atoms with van der Waals surface area (Å²) in [5.74, 6) is 1.06. The van der Waals surface area contributed by atoms with Crippen molar-refractivity contribution in [1.29, 1.82) is 0 Å². The fraction of sp³-hybridized carbons (Fsp3) is 0.250. The summed E-state index contributed by atoms with van der Waals surface area (Å²) >= 11 is 3.47. The molecule has 1 aromatic heterocycles. The Balaban J connectivity index is 2.17. The molecule has 0 fully saturated rings. The average molecular weight is 280 g/mol. The van der Waals surface area contributed by atoms with Gasteiger partial charge in [-0.25, -0.2) is 4.98 Å². The van der Waals surface area contributed by atoms with Crippen LogP contribution in [0.4, 0.5) is 0 Å². The van der Waals surface area contributed by atoms with E-state index in [9.17, 15) is 0 Å². The first-order valence-electron chi connectivity index (χ1n) is 5.24. The predicted octanol–water partition coefficient (Wildman–Crippen LogP) is 2.20. The van der Waals surface area contributed by atoms with Gasteiger partial charge in [0.2, 0.25) is 0 Å². The van der Waals surface area contributed by atoms with E-state index in [1.807, 2.05) is 24.5 Å². The van der Waals surface area contributed by atoms with E-state index in [0.717, 1.165) is 23.3 Å². The summed E-state index contributed by atoms with van der Waals surface area (Å²) in [4.78, 5) is 4.35. The molecular weight excluding hydrogens is 266 g/mol. The van der Waals surface area contributed by atoms with Crippen LogP contribution in [-0.2, 0) is 13.0 Å². The maximum atomic E-state index is 5.55. The number of aromatic nitrogens is 2. The number of hydrogen-bond donors (Lipinski definition) is 1. The fourth-order valence-electron chi connectivity index (χ4n) is 1.68. The van der Waals surface area contributed by atoms with Crippen LogP contribution in [0.15, 0.2) is 41.1 Å². The molecule has 2 rings (SSSR count). The number of nitrogens with two attached hydrogens (primary N) is 1. The molecule has 16 heavy (non-hydrogen) atoms. The molecule has 0 unspecified atom stereocenters. The molecule has 0 bridgehead atoms. The molecule has 0 amide bonds. The van der Waals surface area contributed by atoms with Crippen LogP contribution in [0.25, 0.3) is 0 Å². The monoisotopic (exact) mass is 279 g/mol. The van der Waals surface area contributed by atoms with Crippen LogP contribution in [0.1, 0.15) is 11.4 Å². The minimum atomic E-state index is 0.641.